The molecule has 3 aromatic rings. The molecule has 1 atom stereocenters. The number of ketones is 1. The number of hydrogen-bond acceptors (Lipinski definition) is 2. The van der Waals surface area contributed by atoms with Crippen LogP contribution in [0.1, 0.15) is 56.3 Å². The van der Waals surface area contributed by atoms with Gasteiger partial charge in [0.1, 0.15) is 0 Å². The highest BCUT2D eigenvalue weighted by atomic mass is 16.1. The van der Waals surface area contributed by atoms with Gasteiger partial charge in [0, 0.05) is 22.7 Å². The third kappa shape index (κ3) is 4.20. The minimum Gasteiger partial charge on any atom is -0.322 e. The van der Waals surface area contributed by atoms with Gasteiger partial charge in [0.2, 0.25) is 0 Å². The average Bonchev–Trinajstić information content (AvgIpc) is 2.77. The van der Waals surface area contributed by atoms with Crippen molar-refractivity contribution in [3.8, 4) is 0 Å². The van der Waals surface area contributed by atoms with E-state index in [1.807, 2.05) is 61.5 Å². The smallest absolute Gasteiger partial charge is 0.255 e. The fourth-order valence-corrected chi connectivity index (χ4v) is 4.17. The van der Waals surface area contributed by atoms with Gasteiger partial charge >= 0.3 is 0 Å². The van der Waals surface area contributed by atoms with Crippen LogP contribution in [-0.4, -0.2) is 11.7 Å². The Morgan fingerprint density at radius 3 is 2.47 bits per heavy atom. The summed E-state index contributed by atoms with van der Waals surface area (Å²) in [5.41, 5.74) is 6.94. The number of aryl methyl sites for hydroxylation is 3. The standard InChI is InChI=1S/C27H27NO2/c1-3-19-10-15-24-22(16-19)13-14-23(26(24)29)17-20-8-11-21(12-9-20)27(30)28-25-7-5-4-6-18(25)2/h4-12,15-16,23H,3,13-14,17H2,1-2H3,(H,28,30). The Kier molecular flexibility index (Phi) is 5.80. The highest BCUT2D eigenvalue weighted by Gasteiger charge is 2.27. The van der Waals surface area contributed by atoms with Crippen LogP contribution in [0.3, 0.4) is 0 Å². The van der Waals surface area contributed by atoms with Crippen molar-refractivity contribution >= 4 is 17.4 Å². The van der Waals surface area contributed by atoms with Crippen LogP contribution in [0.25, 0.3) is 0 Å². The first-order valence-corrected chi connectivity index (χ1v) is 10.7. The van der Waals surface area contributed by atoms with Crippen molar-refractivity contribution in [2.45, 2.75) is 39.5 Å². The Bertz CT molecular complexity index is 1080. The van der Waals surface area contributed by atoms with Crippen molar-refractivity contribution in [1.82, 2.24) is 0 Å². The summed E-state index contributed by atoms with van der Waals surface area (Å²) < 4.78 is 0. The number of nitrogens with one attached hydrogen (secondary N) is 1. The third-order valence-electron chi connectivity index (χ3n) is 6.07. The molecule has 1 amide bonds. The van der Waals surface area contributed by atoms with E-state index in [1.54, 1.807) is 0 Å². The van der Waals surface area contributed by atoms with Crippen LogP contribution in [0, 0.1) is 12.8 Å². The lowest BCUT2D eigenvalue weighted by Crippen LogP contribution is -2.24. The molecule has 1 N–H and O–H groups in total. The summed E-state index contributed by atoms with van der Waals surface area (Å²) in [5.74, 6) is 0.141. The van der Waals surface area contributed by atoms with Gasteiger partial charge in [0.05, 0.1) is 0 Å². The highest BCUT2D eigenvalue weighted by molar-refractivity contribution is 6.04. The van der Waals surface area contributed by atoms with Gasteiger partial charge in [-0.05, 0) is 73.1 Å². The molecule has 1 aliphatic rings. The van der Waals surface area contributed by atoms with E-state index < -0.39 is 0 Å². The predicted octanol–water partition coefficient (Wildman–Crippen LogP) is 5.80. The fraction of sp³-hybridized carbons (Fsp3) is 0.259. The molecule has 0 saturated carbocycles. The maximum atomic E-state index is 13.0. The summed E-state index contributed by atoms with van der Waals surface area (Å²) in [7, 11) is 0. The molecule has 3 heteroatoms. The lowest BCUT2D eigenvalue weighted by atomic mass is 9.79. The minimum absolute atomic E-state index is 0.0108. The Morgan fingerprint density at radius 1 is 1.00 bits per heavy atom. The molecule has 0 spiro atoms. The molecule has 3 nitrogen and oxygen atoms in total. The van der Waals surface area contributed by atoms with Crippen LogP contribution in [0.2, 0.25) is 0 Å². The second-order valence-electron chi connectivity index (χ2n) is 8.11. The molecule has 0 aromatic heterocycles. The van der Waals surface area contributed by atoms with Crippen LogP contribution in [0.15, 0.2) is 66.7 Å². The molecule has 1 unspecified atom stereocenters. The van der Waals surface area contributed by atoms with Crippen LogP contribution >= 0.6 is 0 Å². The van der Waals surface area contributed by atoms with Crippen molar-refractivity contribution in [2.75, 3.05) is 5.32 Å². The van der Waals surface area contributed by atoms with E-state index in [9.17, 15) is 9.59 Å². The summed E-state index contributed by atoms with van der Waals surface area (Å²) in [6.07, 6.45) is 3.55. The van der Waals surface area contributed by atoms with Gasteiger partial charge < -0.3 is 5.32 Å². The number of para-hydroxylation sites is 1. The molecule has 1 aliphatic carbocycles. The molecule has 0 radical (unpaired) electrons. The van der Waals surface area contributed by atoms with E-state index in [1.165, 1.54) is 11.1 Å². The zero-order valence-corrected chi connectivity index (χ0v) is 17.6. The van der Waals surface area contributed by atoms with E-state index >= 15 is 0 Å². The highest BCUT2D eigenvalue weighted by Crippen LogP contribution is 2.29. The molecule has 0 saturated heterocycles. The van der Waals surface area contributed by atoms with Gasteiger partial charge in [-0.2, -0.15) is 0 Å². The van der Waals surface area contributed by atoms with E-state index in [4.69, 9.17) is 0 Å². The number of amides is 1. The number of Topliss-reactive ketones (excluding diaryl/α,β-unsaturated/α-hetero) is 1. The molecule has 0 fully saturated rings. The number of anilines is 1. The van der Waals surface area contributed by atoms with E-state index in [-0.39, 0.29) is 17.6 Å². The van der Waals surface area contributed by atoms with E-state index in [2.05, 4.69) is 24.4 Å². The summed E-state index contributed by atoms with van der Waals surface area (Å²) >= 11 is 0. The lowest BCUT2D eigenvalue weighted by Gasteiger charge is -2.24. The normalized spacial score (nSPS) is 15.5. The molecule has 30 heavy (non-hydrogen) atoms. The second-order valence-corrected chi connectivity index (χ2v) is 8.11. The lowest BCUT2D eigenvalue weighted by molar-refractivity contribution is 0.0900. The predicted molar refractivity (Wildman–Crippen MR) is 121 cm³/mol. The summed E-state index contributed by atoms with van der Waals surface area (Å²) in [5, 5.41) is 2.96. The number of carbonyl (C=O) groups is 2. The van der Waals surface area contributed by atoms with E-state index in [0.717, 1.165) is 41.6 Å². The van der Waals surface area contributed by atoms with Crippen molar-refractivity contribution in [2.24, 2.45) is 5.92 Å². The topological polar surface area (TPSA) is 46.2 Å². The Balaban J connectivity index is 1.43. The van der Waals surface area contributed by atoms with Crippen molar-refractivity contribution in [3.05, 3.63) is 100 Å². The zero-order valence-electron chi connectivity index (χ0n) is 17.6. The molecule has 152 valence electrons. The number of fused-ring (bicyclic) bond motifs is 1. The van der Waals surface area contributed by atoms with Gasteiger partial charge in [0.15, 0.2) is 5.78 Å². The zero-order chi connectivity index (χ0) is 21.1. The van der Waals surface area contributed by atoms with Gasteiger partial charge in [-0.1, -0.05) is 55.5 Å². The summed E-state index contributed by atoms with van der Waals surface area (Å²) in [6.45, 7) is 4.11. The molecule has 0 bridgehead atoms. The minimum atomic E-state index is -0.120. The van der Waals surface area contributed by atoms with Crippen molar-refractivity contribution in [1.29, 1.82) is 0 Å². The quantitative estimate of drug-likeness (QED) is 0.592. The van der Waals surface area contributed by atoms with Crippen LogP contribution in [0.5, 0.6) is 0 Å². The maximum absolute atomic E-state index is 13.0. The Labute approximate surface area is 178 Å². The van der Waals surface area contributed by atoms with Crippen molar-refractivity contribution < 1.29 is 9.59 Å². The number of rotatable bonds is 5. The summed E-state index contributed by atoms with van der Waals surface area (Å²) in [4.78, 5) is 25.5. The third-order valence-corrected chi connectivity index (χ3v) is 6.07. The van der Waals surface area contributed by atoms with Gasteiger partial charge in [-0.15, -0.1) is 0 Å². The summed E-state index contributed by atoms with van der Waals surface area (Å²) in [6, 6.07) is 21.6. The number of hydrogen-bond donors (Lipinski definition) is 1. The van der Waals surface area contributed by atoms with Gasteiger partial charge in [-0.25, -0.2) is 0 Å². The Hall–Kier alpha value is -3.20. The van der Waals surface area contributed by atoms with Crippen LogP contribution in [0.4, 0.5) is 5.69 Å². The van der Waals surface area contributed by atoms with Crippen LogP contribution in [-0.2, 0) is 19.3 Å². The van der Waals surface area contributed by atoms with E-state index in [0.29, 0.717) is 12.0 Å². The first kappa shape index (κ1) is 20.1. The molecule has 0 heterocycles. The van der Waals surface area contributed by atoms with Crippen molar-refractivity contribution in [3.63, 3.8) is 0 Å². The first-order chi connectivity index (χ1) is 14.5. The Morgan fingerprint density at radius 2 is 1.73 bits per heavy atom. The van der Waals surface area contributed by atoms with Gasteiger partial charge in [-0.3, -0.25) is 9.59 Å². The molecular formula is C27H27NO2. The molecule has 0 aliphatic heterocycles. The molecule has 3 aromatic carbocycles. The average molecular weight is 398 g/mol. The molecule has 4 rings (SSSR count). The first-order valence-electron chi connectivity index (χ1n) is 10.7. The number of carbonyl (C=O) groups excluding carboxylic acids is 2. The largest absolute Gasteiger partial charge is 0.322 e. The second kappa shape index (κ2) is 8.66. The molecular weight excluding hydrogens is 370 g/mol. The maximum Gasteiger partial charge on any atom is 0.255 e. The van der Waals surface area contributed by atoms with Gasteiger partial charge in [0.25, 0.3) is 5.91 Å². The SMILES string of the molecule is CCc1ccc2c(c1)CCC(Cc1ccc(C(=O)Nc3ccccc3C)cc1)C2=O. The number of benzene rings is 3. The fourth-order valence-electron chi connectivity index (χ4n) is 4.17. The monoisotopic (exact) mass is 397 g/mol. The van der Waals surface area contributed by atoms with Crippen LogP contribution < -0.4 is 5.32 Å².